The lowest BCUT2D eigenvalue weighted by Crippen LogP contribution is -2.38. The van der Waals surface area contributed by atoms with Crippen LogP contribution in [0.15, 0.2) is 0 Å². The molecule has 0 unspecified atom stereocenters. The average molecular weight is 317 g/mol. The lowest BCUT2D eigenvalue weighted by atomic mass is 9.59. The van der Waals surface area contributed by atoms with Gasteiger partial charge in [0.05, 0.1) is 24.0 Å². The first-order chi connectivity index (χ1) is 10.9. The van der Waals surface area contributed by atoms with Crippen LogP contribution >= 0.6 is 0 Å². The molecule has 2 aliphatic rings. The van der Waals surface area contributed by atoms with Gasteiger partial charge in [0, 0.05) is 11.3 Å². The molecule has 126 valence electrons. The first kappa shape index (κ1) is 16.4. The Morgan fingerprint density at radius 3 is 2.65 bits per heavy atom. The highest BCUT2D eigenvalue weighted by atomic mass is 16.5. The van der Waals surface area contributed by atoms with E-state index in [4.69, 9.17) is 9.72 Å². The number of carbonyl (C=O) groups excluding carboxylic acids is 1. The monoisotopic (exact) mass is 317 g/mol. The van der Waals surface area contributed by atoms with Crippen LogP contribution in [-0.4, -0.2) is 22.7 Å². The molecule has 2 aliphatic carbocycles. The van der Waals surface area contributed by atoms with E-state index in [9.17, 15) is 9.90 Å². The van der Waals surface area contributed by atoms with Gasteiger partial charge in [0.15, 0.2) is 0 Å². The smallest absolute Gasteiger partial charge is 0.340 e. The molecule has 1 spiro atoms. The van der Waals surface area contributed by atoms with E-state index in [1.807, 2.05) is 13.8 Å². The zero-order chi connectivity index (χ0) is 16.8. The van der Waals surface area contributed by atoms with E-state index in [1.165, 1.54) is 19.3 Å². The van der Waals surface area contributed by atoms with Crippen molar-refractivity contribution in [3.05, 3.63) is 28.1 Å². The van der Waals surface area contributed by atoms with Gasteiger partial charge in [-0.25, -0.2) is 4.79 Å². The summed E-state index contributed by atoms with van der Waals surface area (Å²) >= 11 is 0. The van der Waals surface area contributed by atoms with Crippen LogP contribution in [0.4, 0.5) is 0 Å². The average Bonchev–Trinajstić information content (AvgIpc) is 2.44. The number of fused-ring (bicyclic) bond motifs is 1. The number of pyridine rings is 1. The highest BCUT2D eigenvalue weighted by Crippen LogP contribution is 2.53. The predicted octanol–water partition coefficient (Wildman–Crippen LogP) is 3.84. The lowest BCUT2D eigenvalue weighted by molar-refractivity contribution is 0.0238. The van der Waals surface area contributed by atoms with Gasteiger partial charge < -0.3 is 9.84 Å². The van der Waals surface area contributed by atoms with E-state index in [0.717, 1.165) is 35.4 Å². The van der Waals surface area contributed by atoms with E-state index in [1.54, 1.807) is 0 Å². The summed E-state index contributed by atoms with van der Waals surface area (Å²) in [6.07, 6.45) is 4.83. The second kappa shape index (κ2) is 5.90. The molecule has 0 radical (unpaired) electrons. The molecule has 1 saturated carbocycles. The molecule has 0 saturated heterocycles. The van der Waals surface area contributed by atoms with Crippen molar-refractivity contribution in [2.45, 2.75) is 71.8 Å². The van der Waals surface area contributed by atoms with Crippen LogP contribution in [0.3, 0.4) is 0 Å². The fourth-order valence-corrected chi connectivity index (χ4v) is 4.26. The first-order valence-electron chi connectivity index (χ1n) is 8.77. The van der Waals surface area contributed by atoms with Crippen molar-refractivity contribution in [2.75, 3.05) is 6.61 Å². The largest absolute Gasteiger partial charge is 0.462 e. The van der Waals surface area contributed by atoms with Gasteiger partial charge in [-0.2, -0.15) is 0 Å². The van der Waals surface area contributed by atoms with Crippen LogP contribution < -0.4 is 0 Å². The molecule has 0 amide bonds. The van der Waals surface area contributed by atoms with Crippen LogP contribution in [0.5, 0.6) is 0 Å². The number of esters is 1. The Kier molecular flexibility index (Phi) is 4.21. The molecular formula is C19H27NO3. The summed E-state index contributed by atoms with van der Waals surface area (Å²) in [6, 6.07) is 0. The van der Waals surface area contributed by atoms with E-state index < -0.39 is 6.10 Å². The highest BCUT2D eigenvalue weighted by molar-refractivity contribution is 5.93. The zero-order valence-corrected chi connectivity index (χ0v) is 14.6. The minimum atomic E-state index is -0.513. The van der Waals surface area contributed by atoms with Crippen molar-refractivity contribution in [3.8, 4) is 0 Å². The molecule has 0 aliphatic heterocycles. The van der Waals surface area contributed by atoms with Gasteiger partial charge >= 0.3 is 5.97 Å². The fourth-order valence-electron chi connectivity index (χ4n) is 4.26. The molecular weight excluding hydrogens is 290 g/mol. The number of aliphatic hydroxyl groups excluding tert-OH is 1. The Labute approximate surface area is 138 Å². The molecule has 23 heavy (non-hydrogen) atoms. The summed E-state index contributed by atoms with van der Waals surface area (Å²) in [5.41, 5.74) is 4.34. The molecule has 1 aromatic heterocycles. The molecule has 1 heterocycles. The van der Waals surface area contributed by atoms with Crippen LogP contribution in [-0.2, 0) is 11.2 Å². The molecule has 3 rings (SSSR count). The van der Waals surface area contributed by atoms with E-state index >= 15 is 0 Å². The standard InChI is InChI=1S/C19H27NO3/c1-5-23-18(22)16-12(4)15-13(20-17(16)11(2)3)9-19(7-6-8-19)10-14(15)21/h11,14,21H,5-10H2,1-4H3/t14-/m0/s1. The number of aliphatic hydroxyl groups is 1. The van der Waals surface area contributed by atoms with Crippen molar-refractivity contribution in [1.29, 1.82) is 0 Å². The lowest BCUT2D eigenvalue weighted by Gasteiger charge is -2.47. The van der Waals surface area contributed by atoms with Gasteiger partial charge in [-0.15, -0.1) is 0 Å². The first-order valence-corrected chi connectivity index (χ1v) is 8.77. The van der Waals surface area contributed by atoms with E-state index in [2.05, 4.69) is 13.8 Å². The predicted molar refractivity (Wildman–Crippen MR) is 88.6 cm³/mol. The van der Waals surface area contributed by atoms with Crippen LogP contribution in [0.25, 0.3) is 0 Å². The molecule has 1 atom stereocenters. The molecule has 4 nitrogen and oxygen atoms in total. The van der Waals surface area contributed by atoms with Gasteiger partial charge in [-0.3, -0.25) is 4.98 Å². The topological polar surface area (TPSA) is 59.4 Å². The van der Waals surface area contributed by atoms with Gasteiger partial charge in [-0.05, 0) is 56.4 Å². The van der Waals surface area contributed by atoms with Crippen molar-refractivity contribution in [1.82, 2.24) is 4.98 Å². The maximum Gasteiger partial charge on any atom is 0.340 e. The number of carbonyl (C=O) groups is 1. The number of rotatable bonds is 3. The summed E-state index contributed by atoms with van der Waals surface area (Å²) in [5, 5.41) is 10.7. The maximum absolute atomic E-state index is 12.4. The highest BCUT2D eigenvalue weighted by Gasteiger charge is 2.45. The summed E-state index contributed by atoms with van der Waals surface area (Å²) in [7, 11) is 0. The van der Waals surface area contributed by atoms with Crippen molar-refractivity contribution in [3.63, 3.8) is 0 Å². The van der Waals surface area contributed by atoms with E-state index in [-0.39, 0.29) is 17.3 Å². The van der Waals surface area contributed by atoms with Crippen LogP contribution in [0, 0.1) is 12.3 Å². The molecule has 1 aromatic rings. The summed E-state index contributed by atoms with van der Waals surface area (Å²) in [6.45, 7) is 8.19. The van der Waals surface area contributed by atoms with E-state index in [0.29, 0.717) is 12.2 Å². The fraction of sp³-hybridized carbons (Fsp3) is 0.684. The van der Waals surface area contributed by atoms with Crippen LogP contribution in [0.1, 0.15) is 91.3 Å². The molecule has 0 bridgehead atoms. The van der Waals surface area contributed by atoms with Crippen molar-refractivity contribution in [2.24, 2.45) is 5.41 Å². The minimum absolute atomic E-state index is 0.148. The molecule has 1 fully saturated rings. The summed E-state index contributed by atoms with van der Waals surface area (Å²) in [5.74, 6) is -0.171. The zero-order valence-electron chi connectivity index (χ0n) is 14.6. The van der Waals surface area contributed by atoms with Gasteiger partial charge in [0.2, 0.25) is 0 Å². The second-order valence-electron chi connectivity index (χ2n) is 7.48. The third-order valence-electron chi connectivity index (χ3n) is 5.54. The van der Waals surface area contributed by atoms with Gasteiger partial charge in [0.1, 0.15) is 0 Å². The molecule has 1 N–H and O–H groups in total. The Bertz CT molecular complexity index is 632. The Morgan fingerprint density at radius 1 is 1.43 bits per heavy atom. The Balaban J connectivity index is 2.13. The number of nitrogens with zero attached hydrogens (tertiary/aromatic N) is 1. The molecule has 0 aromatic carbocycles. The summed E-state index contributed by atoms with van der Waals surface area (Å²) < 4.78 is 5.24. The van der Waals surface area contributed by atoms with Crippen molar-refractivity contribution >= 4 is 5.97 Å². The SMILES string of the molecule is CCOC(=O)c1c(C(C)C)nc2c(c1C)[C@@H](O)CC1(CCC1)C2. The maximum atomic E-state index is 12.4. The quantitative estimate of drug-likeness (QED) is 0.861. The van der Waals surface area contributed by atoms with Gasteiger partial charge in [-0.1, -0.05) is 20.3 Å². The van der Waals surface area contributed by atoms with Crippen LogP contribution in [0.2, 0.25) is 0 Å². The second-order valence-corrected chi connectivity index (χ2v) is 7.48. The number of aromatic nitrogens is 1. The number of ether oxygens (including phenoxy) is 1. The Morgan fingerprint density at radius 2 is 2.13 bits per heavy atom. The van der Waals surface area contributed by atoms with Crippen molar-refractivity contribution < 1.29 is 14.6 Å². The third kappa shape index (κ3) is 2.67. The number of hydrogen-bond acceptors (Lipinski definition) is 4. The van der Waals surface area contributed by atoms with Gasteiger partial charge in [0.25, 0.3) is 0 Å². The Hall–Kier alpha value is -1.42. The third-order valence-corrected chi connectivity index (χ3v) is 5.54. The summed E-state index contributed by atoms with van der Waals surface area (Å²) in [4.78, 5) is 17.3. The minimum Gasteiger partial charge on any atom is -0.462 e. The number of hydrogen-bond donors (Lipinski definition) is 1. The normalized spacial score (nSPS) is 21.9. The molecule has 4 heteroatoms.